The molecule has 0 saturated carbocycles. The Hall–Kier alpha value is -3.52. The number of carbonyl (C=O) groups is 3. The number of Topliss-reactive ketones (excluding diaryl/α,β-unsaturated/α-hetero) is 1. The van der Waals surface area contributed by atoms with E-state index in [1.807, 2.05) is 6.08 Å². The first-order valence-corrected chi connectivity index (χ1v) is 12.8. The van der Waals surface area contributed by atoms with Crippen LogP contribution in [0.2, 0.25) is 5.02 Å². The summed E-state index contributed by atoms with van der Waals surface area (Å²) in [5, 5.41) is 11.8. The van der Waals surface area contributed by atoms with Gasteiger partial charge in [0.25, 0.3) is 0 Å². The Morgan fingerprint density at radius 2 is 1.84 bits per heavy atom. The summed E-state index contributed by atoms with van der Waals surface area (Å²) in [6, 6.07) is 4.95. The third-order valence-electron chi connectivity index (χ3n) is 6.83. The number of rotatable bonds is 1. The van der Waals surface area contributed by atoms with E-state index in [4.69, 9.17) is 30.5 Å². The van der Waals surface area contributed by atoms with Gasteiger partial charge < -0.3 is 24.1 Å². The number of benzene rings is 2. The third-order valence-corrected chi connectivity index (χ3v) is 7.11. The largest absolute Gasteiger partial charge is 0.507 e. The summed E-state index contributed by atoms with van der Waals surface area (Å²) in [6.07, 6.45) is 6.40. The minimum absolute atomic E-state index is 0.00442. The van der Waals surface area contributed by atoms with Crippen molar-refractivity contribution < 1.29 is 38.4 Å². The van der Waals surface area contributed by atoms with Gasteiger partial charge >= 0.3 is 11.9 Å². The number of ether oxygens (including phenoxy) is 4. The molecule has 0 aliphatic carbocycles. The molecule has 2 aromatic carbocycles. The first-order chi connectivity index (χ1) is 17.8. The maximum Gasteiger partial charge on any atom is 0.342 e. The molecule has 0 fully saturated rings. The number of carbonyl (C=O) groups excluding carboxylic acids is 3. The number of hydrogen-bond acceptors (Lipinski definition) is 8. The monoisotopic (exact) mass is 526 g/mol. The van der Waals surface area contributed by atoms with E-state index in [1.54, 1.807) is 31.2 Å². The van der Waals surface area contributed by atoms with Crippen LogP contribution >= 0.6 is 11.6 Å². The Labute approximate surface area is 219 Å². The molecule has 0 spiro atoms. The molecule has 0 saturated heterocycles. The summed E-state index contributed by atoms with van der Waals surface area (Å²) in [5.74, 6) is -0.895. The molecule has 0 aromatic heterocycles. The smallest absolute Gasteiger partial charge is 0.342 e. The molecule has 3 aliphatic rings. The minimum atomic E-state index is -0.685. The maximum absolute atomic E-state index is 13.3. The quantitative estimate of drug-likeness (QED) is 0.372. The topological polar surface area (TPSA) is 108 Å². The van der Waals surface area contributed by atoms with Crippen molar-refractivity contribution in [1.82, 2.24) is 0 Å². The predicted octanol–water partition coefficient (Wildman–Crippen LogP) is 5.70. The van der Waals surface area contributed by atoms with Gasteiger partial charge in [-0.05, 0) is 61.9 Å². The Morgan fingerprint density at radius 3 is 2.68 bits per heavy atom. The second-order valence-electron chi connectivity index (χ2n) is 9.51. The van der Waals surface area contributed by atoms with E-state index in [9.17, 15) is 19.5 Å². The van der Waals surface area contributed by atoms with E-state index < -0.39 is 24.0 Å². The number of ketones is 1. The zero-order valence-electron chi connectivity index (χ0n) is 20.4. The zero-order valence-corrected chi connectivity index (χ0v) is 21.1. The van der Waals surface area contributed by atoms with Gasteiger partial charge in [-0.3, -0.25) is 9.59 Å². The van der Waals surface area contributed by atoms with Crippen LogP contribution in [0.4, 0.5) is 0 Å². The number of hydrogen-bond donors (Lipinski definition) is 1. The van der Waals surface area contributed by atoms with Crippen LogP contribution in [0.15, 0.2) is 24.3 Å². The molecule has 9 heteroatoms. The van der Waals surface area contributed by atoms with Crippen molar-refractivity contribution >= 4 is 35.4 Å². The van der Waals surface area contributed by atoms with Crippen molar-refractivity contribution in [1.29, 1.82) is 0 Å². The van der Waals surface area contributed by atoms with Crippen LogP contribution in [-0.2, 0) is 14.3 Å². The number of phenols is 1. The molecule has 0 amide bonds. The fourth-order valence-electron chi connectivity index (χ4n) is 4.99. The van der Waals surface area contributed by atoms with E-state index in [-0.39, 0.29) is 36.1 Å². The van der Waals surface area contributed by atoms with E-state index in [1.165, 1.54) is 0 Å². The minimum Gasteiger partial charge on any atom is -0.507 e. The van der Waals surface area contributed by atoms with Gasteiger partial charge in [-0.15, -0.1) is 0 Å². The molecule has 37 heavy (non-hydrogen) atoms. The number of cyclic esters (lactones) is 1. The van der Waals surface area contributed by atoms with Crippen LogP contribution in [0.1, 0.15) is 84.8 Å². The van der Waals surface area contributed by atoms with Crippen LogP contribution < -0.4 is 14.2 Å². The first kappa shape index (κ1) is 25.1. The normalized spacial score (nSPS) is 21.9. The summed E-state index contributed by atoms with van der Waals surface area (Å²) in [5.41, 5.74) is 1.29. The highest BCUT2D eigenvalue weighted by molar-refractivity contribution is 6.32. The maximum atomic E-state index is 13.3. The molecule has 5 rings (SSSR count). The molecule has 2 atom stereocenters. The van der Waals surface area contributed by atoms with Crippen molar-refractivity contribution in [3.05, 3.63) is 51.6 Å². The molecular weight excluding hydrogens is 500 g/mol. The van der Waals surface area contributed by atoms with Crippen molar-refractivity contribution in [2.24, 2.45) is 0 Å². The number of allylic oxidation sites excluding steroid dienone is 1. The molecular formula is C28H27ClO8. The van der Waals surface area contributed by atoms with Gasteiger partial charge in [0.15, 0.2) is 11.5 Å². The Morgan fingerprint density at radius 1 is 1.03 bits per heavy atom. The van der Waals surface area contributed by atoms with Gasteiger partial charge in [0.05, 0.1) is 17.5 Å². The van der Waals surface area contributed by atoms with Crippen LogP contribution in [-0.4, -0.2) is 35.7 Å². The zero-order chi connectivity index (χ0) is 26.1. The lowest BCUT2D eigenvalue weighted by molar-refractivity contribution is -0.135. The fraction of sp³-hybridized carbons (Fsp3) is 0.393. The third kappa shape index (κ3) is 5.16. The van der Waals surface area contributed by atoms with E-state index >= 15 is 0 Å². The molecule has 0 unspecified atom stereocenters. The summed E-state index contributed by atoms with van der Waals surface area (Å²) in [4.78, 5) is 38.0. The van der Waals surface area contributed by atoms with Crippen molar-refractivity contribution in [3.63, 3.8) is 0 Å². The summed E-state index contributed by atoms with van der Waals surface area (Å²) in [6.45, 7) is 1.80. The van der Waals surface area contributed by atoms with Crippen molar-refractivity contribution in [2.75, 3.05) is 6.79 Å². The fourth-order valence-corrected chi connectivity index (χ4v) is 5.27. The van der Waals surface area contributed by atoms with Crippen LogP contribution in [0.3, 0.4) is 0 Å². The molecule has 1 N–H and O–H groups in total. The van der Waals surface area contributed by atoms with Crippen LogP contribution in [0.5, 0.6) is 23.0 Å². The molecule has 3 heterocycles. The summed E-state index contributed by atoms with van der Waals surface area (Å²) in [7, 11) is 0. The number of esters is 2. The highest BCUT2D eigenvalue weighted by atomic mass is 35.5. The summed E-state index contributed by atoms with van der Waals surface area (Å²) < 4.78 is 22.1. The number of aromatic hydroxyl groups is 1. The van der Waals surface area contributed by atoms with Crippen LogP contribution in [0.25, 0.3) is 6.08 Å². The molecule has 0 bridgehead atoms. The average Bonchev–Trinajstić information content (AvgIpc) is 3.32. The average molecular weight is 527 g/mol. The Balaban J connectivity index is 1.60. The summed E-state index contributed by atoms with van der Waals surface area (Å²) >= 11 is 6.40. The molecule has 3 aliphatic heterocycles. The number of halogens is 1. The molecule has 0 radical (unpaired) electrons. The lowest BCUT2D eigenvalue weighted by atomic mass is 9.83. The van der Waals surface area contributed by atoms with Crippen molar-refractivity contribution in [3.8, 4) is 23.0 Å². The van der Waals surface area contributed by atoms with Gasteiger partial charge in [-0.2, -0.15) is 0 Å². The van der Waals surface area contributed by atoms with Crippen LogP contribution in [0, 0.1) is 0 Å². The SMILES string of the molecule is C[C@H]1CCCC(=O)CCCC=Cc2cc3c(c(O)c2C(=O)O1)[C@H](c1cc(Cl)c2c(c1)OCO2)CC(=O)O3. The molecule has 8 nitrogen and oxygen atoms in total. The predicted molar refractivity (Wildman–Crippen MR) is 134 cm³/mol. The van der Waals surface area contributed by atoms with Gasteiger partial charge in [0.2, 0.25) is 6.79 Å². The first-order valence-electron chi connectivity index (χ1n) is 12.4. The lowest BCUT2D eigenvalue weighted by Crippen LogP contribution is -2.23. The lowest BCUT2D eigenvalue weighted by Gasteiger charge is -2.28. The number of fused-ring (bicyclic) bond motifs is 3. The second-order valence-corrected chi connectivity index (χ2v) is 9.92. The van der Waals surface area contributed by atoms with E-state index in [2.05, 4.69) is 0 Å². The highest BCUT2D eigenvalue weighted by Gasteiger charge is 2.36. The second kappa shape index (κ2) is 10.5. The van der Waals surface area contributed by atoms with E-state index in [0.717, 1.165) is 0 Å². The van der Waals surface area contributed by atoms with Gasteiger partial charge in [0, 0.05) is 24.3 Å². The molecule has 2 aromatic rings. The molecule has 194 valence electrons. The Kier molecular flexibility index (Phi) is 7.11. The van der Waals surface area contributed by atoms with Gasteiger partial charge in [-0.1, -0.05) is 23.8 Å². The van der Waals surface area contributed by atoms with Gasteiger partial charge in [-0.25, -0.2) is 4.79 Å². The number of phenolic OH excluding ortho intramolecular Hbond substituents is 1. The van der Waals surface area contributed by atoms with Gasteiger partial charge in [0.1, 0.15) is 22.8 Å². The standard InChI is InChI=1S/C28H27ClO8/c1-15-6-5-9-18(30)8-4-2-3-7-16-11-21-25(26(32)24(16)28(33)36-15)19(13-23(31)37-21)17-10-20(29)27-22(12-17)34-14-35-27/h3,7,10-12,15,19,32H,2,4-6,8-9,13-14H2,1H3/t15-,19-/m0/s1. The van der Waals surface area contributed by atoms with Crippen molar-refractivity contribution in [2.45, 2.75) is 63.9 Å². The highest BCUT2D eigenvalue weighted by Crippen LogP contribution is 2.50. The van der Waals surface area contributed by atoms with E-state index in [0.29, 0.717) is 71.7 Å². The Bertz CT molecular complexity index is 1300.